The van der Waals surface area contributed by atoms with Crippen LogP contribution >= 0.6 is 23.2 Å². The number of allylic oxidation sites excluding steroid dienone is 1. The molecule has 0 spiro atoms. The van der Waals surface area contributed by atoms with Gasteiger partial charge in [0.25, 0.3) is 5.91 Å². The highest BCUT2D eigenvalue weighted by Gasteiger charge is 2.44. The molecular weight excluding hydrogens is 484 g/mol. The number of benzene rings is 1. The fourth-order valence-electron chi connectivity index (χ4n) is 5.21. The number of ether oxygens (including phenoxy) is 1. The van der Waals surface area contributed by atoms with Crippen LogP contribution in [0.5, 0.6) is 5.75 Å². The molecule has 0 unspecified atom stereocenters. The molecule has 11 heteroatoms. The Kier molecular flexibility index (Phi) is 6.41. The van der Waals surface area contributed by atoms with Crippen LogP contribution in [0.3, 0.4) is 0 Å². The lowest BCUT2D eigenvalue weighted by molar-refractivity contribution is -0.136. The number of carbonyl (C=O) groups excluding carboxylic acids is 1. The Balaban J connectivity index is 1.66. The quantitative estimate of drug-likeness (QED) is 0.629. The van der Waals surface area contributed by atoms with E-state index in [9.17, 15) is 9.90 Å². The average Bonchev–Trinajstić information content (AvgIpc) is 2.96. The molecule has 0 saturated carbocycles. The Hall–Kier alpha value is -2.04. The standard InChI is InChI=1S/C23H28Cl2FN5O3/c1-13-10-28(2)7-8-30(13)31-11-15(18-17(26)4-3-16(24)21(18)32)19(25)22-20(31)23(33)29-6-5-27-9-14(29)12-34-22/h3-4,13-14,27,32H,5-12H2,1-2H3/t13-,14+/m0/s1. The average molecular weight is 512 g/mol. The van der Waals surface area contributed by atoms with Crippen LogP contribution in [-0.4, -0.2) is 102 Å². The van der Waals surface area contributed by atoms with Crippen LogP contribution in [0.25, 0.3) is 5.57 Å². The summed E-state index contributed by atoms with van der Waals surface area (Å²) in [5, 5.41) is 18.1. The van der Waals surface area contributed by atoms with Crippen LogP contribution in [0, 0.1) is 5.82 Å². The van der Waals surface area contributed by atoms with Gasteiger partial charge in [-0.05, 0) is 26.1 Å². The Morgan fingerprint density at radius 1 is 1.24 bits per heavy atom. The second-order valence-electron chi connectivity index (χ2n) is 9.22. The predicted octanol–water partition coefficient (Wildman–Crippen LogP) is 2.04. The molecule has 5 rings (SSSR count). The summed E-state index contributed by atoms with van der Waals surface area (Å²) in [6, 6.07) is 2.45. The van der Waals surface area contributed by atoms with Crippen molar-refractivity contribution in [2.45, 2.75) is 19.0 Å². The number of nitrogens with zero attached hydrogens (tertiary/aromatic N) is 4. The lowest BCUT2D eigenvalue weighted by Gasteiger charge is -2.48. The Morgan fingerprint density at radius 2 is 2.03 bits per heavy atom. The van der Waals surface area contributed by atoms with Crippen LogP contribution < -0.4 is 5.32 Å². The first-order chi connectivity index (χ1) is 16.3. The molecule has 1 aromatic rings. The molecule has 0 bridgehead atoms. The topological polar surface area (TPSA) is 71.5 Å². The smallest absolute Gasteiger partial charge is 0.275 e. The zero-order valence-electron chi connectivity index (χ0n) is 19.2. The summed E-state index contributed by atoms with van der Waals surface area (Å²) in [5.41, 5.74) is 0.613. The van der Waals surface area contributed by atoms with Crippen molar-refractivity contribution < 1.29 is 19.0 Å². The van der Waals surface area contributed by atoms with Gasteiger partial charge < -0.3 is 25.0 Å². The monoisotopic (exact) mass is 511 g/mol. The third kappa shape index (κ3) is 3.93. The van der Waals surface area contributed by atoms with Gasteiger partial charge in [-0.3, -0.25) is 9.80 Å². The maximum Gasteiger partial charge on any atom is 0.275 e. The maximum atomic E-state index is 15.0. The fourth-order valence-corrected chi connectivity index (χ4v) is 5.67. The van der Waals surface area contributed by atoms with E-state index in [0.29, 0.717) is 37.4 Å². The first-order valence-electron chi connectivity index (χ1n) is 11.5. The summed E-state index contributed by atoms with van der Waals surface area (Å²) in [4.78, 5) is 17.9. The second-order valence-corrected chi connectivity index (χ2v) is 10.0. The van der Waals surface area contributed by atoms with E-state index < -0.39 is 5.82 Å². The third-order valence-corrected chi connectivity index (χ3v) is 7.67. The number of phenolic OH excluding ortho intramolecular Hbond substituents is 1. The van der Waals surface area contributed by atoms with Gasteiger partial charge in [-0.15, -0.1) is 0 Å². The highest BCUT2D eigenvalue weighted by molar-refractivity contribution is 6.36. The first-order valence-corrected chi connectivity index (χ1v) is 12.2. The lowest BCUT2D eigenvalue weighted by Crippen LogP contribution is -2.61. The molecule has 0 radical (unpaired) electrons. The number of nitrogens with one attached hydrogen (secondary N) is 1. The minimum absolute atomic E-state index is 0.0220. The number of phenols is 1. The van der Waals surface area contributed by atoms with E-state index in [0.717, 1.165) is 13.1 Å². The summed E-state index contributed by atoms with van der Waals surface area (Å²) < 4.78 is 21.2. The van der Waals surface area contributed by atoms with E-state index in [-0.39, 0.29) is 58.3 Å². The summed E-state index contributed by atoms with van der Waals surface area (Å²) in [6.07, 6.45) is 0. The van der Waals surface area contributed by atoms with Crippen molar-refractivity contribution in [3.8, 4) is 5.75 Å². The molecule has 4 aliphatic heterocycles. The Bertz CT molecular complexity index is 1080. The fraction of sp³-hybridized carbons (Fsp3) is 0.522. The highest BCUT2D eigenvalue weighted by atomic mass is 35.5. The number of hydrogen-bond donors (Lipinski definition) is 2. The molecule has 4 heterocycles. The van der Waals surface area contributed by atoms with Gasteiger partial charge in [-0.25, -0.2) is 9.40 Å². The van der Waals surface area contributed by atoms with Gasteiger partial charge in [0.2, 0.25) is 0 Å². The van der Waals surface area contributed by atoms with Gasteiger partial charge in [0, 0.05) is 50.9 Å². The lowest BCUT2D eigenvalue weighted by atomic mass is 9.99. The largest absolute Gasteiger partial charge is 0.506 e. The first kappa shape index (κ1) is 23.7. The molecule has 1 aromatic carbocycles. The molecule has 1 amide bonds. The number of aromatic hydroxyl groups is 1. The number of likely N-dealkylation sites (N-methyl/N-ethyl adjacent to an activating group) is 1. The number of piperazine rings is 2. The van der Waals surface area contributed by atoms with Crippen molar-refractivity contribution >= 4 is 34.7 Å². The predicted molar refractivity (Wildman–Crippen MR) is 128 cm³/mol. The molecule has 2 saturated heterocycles. The maximum absolute atomic E-state index is 15.0. The molecule has 2 fully saturated rings. The van der Waals surface area contributed by atoms with Crippen molar-refractivity contribution in [3.63, 3.8) is 0 Å². The van der Waals surface area contributed by atoms with Gasteiger partial charge in [0.15, 0.2) is 11.5 Å². The number of hydrazine groups is 1. The summed E-state index contributed by atoms with van der Waals surface area (Å²) in [6.45, 7) is 6.60. The SMILES string of the molecule is C[C@H]1CN(C)CCN1N1CC(c2c(F)ccc(Cl)c2O)=C(Cl)C2=C1C(=O)N1CCNC[C@@H]1CO2. The summed E-state index contributed by atoms with van der Waals surface area (Å²) >= 11 is 12.9. The molecule has 8 nitrogen and oxygen atoms in total. The van der Waals surface area contributed by atoms with Crippen LogP contribution in [0.2, 0.25) is 5.02 Å². The van der Waals surface area contributed by atoms with Crippen molar-refractivity contribution in [1.29, 1.82) is 0 Å². The molecule has 0 aliphatic carbocycles. The van der Waals surface area contributed by atoms with Crippen molar-refractivity contribution in [2.24, 2.45) is 0 Å². The molecule has 184 valence electrons. The zero-order valence-corrected chi connectivity index (χ0v) is 20.7. The van der Waals surface area contributed by atoms with Gasteiger partial charge >= 0.3 is 0 Å². The van der Waals surface area contributed by atoms with Crippen LogP contribution in [0.1, 0.15) is 12.5 Å². The molecular formula is C23H28Cl2FN5O3. The molecule has 0 aromatic heterocycles. The normalized spacial score (nSPS) is 26.9. The summed E-state index contributed by atoms with van der Waals surface area (Å²) in [5.74, 6) is -0.968. The van der Waals surface area contributed by atoms with E-state index in [2.05, 4.69) is 29.2 Å². The number of hydrogen-bond acceptors (Lipinski definition) is 7. The van der Waals surface area contributed by atoms with Gasteiger partial charge in [0.1, 0.15) is 18.2 Å². The number of rotatable bonds is 2. The Morgan fingerprint density at radius 3 is 2.79 bits per heavy atom. The van der Waals surface area contributed by atoms with Crippen LogP contribution in [0.4, 0.5) is 4.39 Å². The number of carbonyl (C=O) groups is 1. The minimum Gasteiger partial charge on any atom is -0.506 e. The van der Waals surface area contributed by atoms with Crippen molar-refractivity contribution in [3.05, 3.63) is 45.0 Å². The molecule has 2 N–H and O–H groups in total. The van der Waals surface area contributed by atoms with Crippen molar-refractivity contribution in [2.75, 3.05) is 59.5 Å². The van der Waals surface area contributed by atoms with E-state index in [1.165, 1.54) is 12.1 Å². The second kappa shape index (κ2) is 9.20. The van der Waals surface area contributed by atoms with Gasteiger partial charge in [-0.2, -0.15) is 0 Å². The summed E-state index contributed by atoms with van der Waals surface area (Å²) in [7, 11) is 2.06. The Labute approximate surface area is 208 Å². The molecule has 34 heavy (non-hydrogen) atoms. The molecule has 4 aliphatic rings. The van der Waals surface area contributed by atoms with Crippen LogP contribution in [0.15, 0.2) is 28.6 Å². The third-order valence-electron chi connectivity index (χ3n) is 6.96. The van der Waals surface area contributed by atoms with Gasteiger partial charge in [0.05, 0.1) is 28.2 Å². The van der Waals surface area contributed by atoms with Crippen molar-refractivity contribution in [1.82, 2.24) is 25.1 Å². The van der Waals surface area contributed by atoms with Gasteiger partial charge in [-0.1, -0.05) is 23.2 Å². The van der Waals surface area contributed by atoms with Crippen LogP contribution in [-0.2, 0) is 9.53 Å². The van der Waals surface area contributed by atoms with E-state index in [1.54, 1.807) is 0 Å². The number of fused-ring (bicyclic) bond motifs is 1. The van der Waals surface area contributed by atoms with E-state index >= 15 is 4.39 Å². The number of amides is 1. The van der Waals surface area contributed by atoms with E-state index in [4.69, 9.17) is 27.9 Å². The van der Waals surface area contributed by atoms with E-state index in [1.807, 2.05) is 9.91 Å². The molecule has 2 atom stereocenters. The number of halogens is 3. The highest BCUT2D eigenvalue weighted by Crippen LogP contribution is 2.44. The minimum atomic E-state index is -0.646. The zero-order chi connectivity index (χ0) is 24.1.